The van der Waals surface area contributed by atoms with E-state index in [0.29, 0.717) is 23.2 Å². The minimum atomic E-state index is -0.539. The Labute approximate surface area is 123 Å². The summed E-state index contributed by atoms with van der Waals surface area (Å²) in [6.07, 6.45) is 0.184. The molecular weight excluding hydrogens is 272 g/mol. The van der Waals surface area contributed by atoms with Crippen molar-refractivity contribution in [3.05, 3.63) is 24.1 Å². The van der Waals surface area contributed by atoms with Gasteiger partial charge in [0.15, 0.2) is 0 Å². The molecule has 21 heavy (non-hydrogen) atoms. The zero-order chi connectivity index (χ0) is 15.4. The fourth-order valence-electron chi connectivity index (χ4n) is 2.16. The van der Waals surface area contributed by atoms with Crippen molar-refractivity contribution < 1.29 is 19.1 Å². The molecule has 0 saturated carbocycles. The molecule has 0 fully saturated rings. The van der Waals surface area contributed by atoms with Crippen LogP contribution in [-0.4, -0.2) is 35.6 Å². The second-order valence-electron chi connectivity index (χ2n) is 4.81. The van der Waals surface area contributed by atoms with E-state index in [9.17, 15) is 5.11 Å². The second kappa shape index (κ2) is 6.58. The number of nitrogens with zero attached hydrogens (tertiary/aromatic N) is 2. The third-order valence-corrected chi connectivity index (χ3v) is 3.39. The highest BCUT2D eigenvalue weighted by Gasteiger charge is 2.22. The van der Waals surface area contributed by atoms with Crippen molar-refractivity contribution in [2.45, 2.75) is 32.3 Å². The van der Waals surface area contributed by atoms with Crippen molar-refractivity contribution >= 4 is 0 Å². The summed E-state index contributed by atoms with van der Waals surface area (Å²) < 4.78 is 15.7. The lowest BCUT2D eigenvalue weighted by atomic mass is 10.0. The molecule has 0 spiro atoms. The Kier molecular flexibility index (Phi) is 4.80. The minimum Gasteiger partial charge on any atom is -0.497 e. The van der Waals surface area contributed by atoms with E-state index in [-0.39, 0.29) is 5.92 Å². The summed E-state index contributed by atoms with van der Waals surface area (Å²) in [5.41, 5.74) is 0.738. The van der Waals surface area contributed by atoms with Gasteiger partial charge >= 0.3 is 0 Å². The van der Waals surface area contributed by atoms with Crippen LogP contribution in [-0.2, 0) is 0 Å². The van der Waals surface area contributed by atoms with Gasteiger partial charge in [-0.25, -0.2) is 0 Å². The monoisotopic (exact) mass is 292 g/mol. The fourth-order valence-corrected chi connectivity index (χ4v) is 2.16. The number of benzene rings is 1. The van der Waals surface area contributed by atoms with Gasteiger partial charge in [-0.15, -0.1) is 0 Å². The van der Waals surface area contributed by atoms with Crippen molar-refractivity contribution in [2.24, 2.45) is 0 Å². The fraction of sp³-hybridized carbons (Fsp3) is 0.467. The summed E-state index contributed by atoms with van der Waals surface area (Å²) in [6, 6.07) is 5.39. The highest BCUT2D eigenvalue weighted by molar-refractivity contribution is 5.60. The summed E-state index contributed by atoms with van der Waals surface area (Å²) in [5, 5.41) is 13.7. The van der Waals surface area contributed by atoms with Crippen LogP contribution < -0.4 is 9.47 Å². The van der Waals surface area contributed by atoms with Gasteiger partial charge in [0.1, 0.15) is 11.5 Å². The Bertz CT molecular complexity index is 573. The predicted molar refractivity (Wildman–Crippen MR) is 77.6 cm³/mol. The molecule has 0 aliphatic heterocycles. The highest BCUT2D eigenvalue weighted by atomic mass is 16.5. The first-order valence-electron chi connectivity index (χ1n) is 6.84. The van der Waals surface area contributed by atoms with Gasteiger partial charge in [-0.05, 0) is 25.5 Å². The maximum Gasteiger partial charge on any atom is 0.232 e. The van der Waals surface area contributed by atoms with Crippen LogP contribution in [0.5, 0.6) is 11.5 Å². The van der Waals surface area contributed by atoms with Gasteiger partial charge in [0.2, 0.25) is 11.7 Å². The Morgan fingerprint density at radius 2 is 1.81 bits per heavy atom. The Hall–Kier alpha value is -2.08. The molecule has 1 aromatic heterocycles. The molecule has 2 rings (SSSR count). The number of hydrogen-bond donors (Lipinski definition) is 1. The molecule has 114 valence electrons. The van der Waals surface area contributed by atoms with Gasteiger partial charge in [-0.1, -0.05) is 12.1 Å². The molecule has 1 aromatic carbocycles. The number of aliphatic hydroxyl groups is 1. The van der Waals surface area contributed by atoms with Crippen LogP contribution in [0.1, 0.15) is 32.1 Å². The summed E-state index contributed by atoms with van der Waals surface area (Å²) >= 11 is 0. The van der Waals surface area contributed by atoms with Crippen molar-refractivity contribution in [1.29, 1.82) is 0 Å². The topological polar surface area (TPSA) is 77.6 Å². The third kappa shape index (κ3) is 3.33. The van der Waals surface area contributed by atoms with E-state index in [2.05, 4.69) is 10.1 Å². The summed E-state index contributed by atoms with van der Waals surface area (Å²) in [4.78, 5) is 4.37. The summed E-state index contributed by atoms with van der Waals surface area (Å²) in [5.74, 6) is 2.01. The summed E-state index contributed by atoms with van der Waals surface area (Å²) in [6.45, 7) is 3.68. The van der Waals surface area contributed by atoms with E-state index in [1.165, 1.54) is 0 Å². The maximum absolute atomic E-state index is 9.74. The number of rotatable bonds is 6. The molecule has 1 heterocycles. The van der Waals surface area contributed by atoms with Crippen LogP contribution in [0.15, 0.2) is 22.7 Å². The van der Waals surface area contributed by atoms with E-state index >= 15 is 0 Å². The second-order valence-corrected chi connectivity index (χ2v) is 4.81. The van der Waals surface area contributed by atoms with Gasteiger partial charge in [0.05, 0.1) is 26.2 Å². The van der Waals surface area contributed by atoms with Crippen molar-refractivity contribution in [3.8, 4) is 22.9 Å². The average Bonchev–Trinajstić information content (AvgIpc) is 2.96. The van der Waals surface area contributed by atoms with Crippen LogP contribution in [0.4, 0.5) is 0 Å². The quantitative estimate of drug-likeness (QED) is 0.882. The largest absolute Gasteiger partial charge is 0.497 e. The SMILES string of the molecule is CCC(c1nc(-c2cc(OC)cc(OC)c2)no1)C(C)O. The van der Waals surface area contributed by atoms with E-state index in [1.807, 2.05) is 6.92 Å². The number of aliphatic hydroxyl groups excluding tert-OH is 1. The van der Waals surface area contributed by atoms with E-state index in [1.54, 1.807) is 39.3 Å². The van der Waals surface area contributed by atoms with Crippen LogP contribution in [0.25, 0.3) is 11.4 Å². The molecule has 0 saturated heterocycles. The zero-order valence-corrected chi connectivity index (χ0v) is 12.7. The standard InChI is InChI=1S/C15H20N2O4/c1-5-13(9(2)18)15-16-14(17-21-15)10-6-11(19-3)8-12(7-10)20-4/h6-9,13,18H,5H2,1-4H3. The molecule has 6 heteroatoms. The van der Waals surface area contributed by atoms with Crippen molar-refractivity contribution in [2.75, 3.05) is 14.2 Å². The number of aromatic nitrogens is 2. The Balaban J connectivity index is 2.37. The molecule has 0 bridgehead atoms. The lowest BCUT2D eigenvalue weighted by Crippen LogP contribution is -2.13. The molecule has 2 aromatic rings. The first-order chi connectivity index (χ1) is 10.1. The maximum atomic E-state index is 9.74. The van der Waals surface area contributed by atoms with Crippen LogP contribution in [0.3, 0.4) is 0 Å². The van der Waals surface area contributed by atoms with E-state index in [0.717, 1.165) is 12.0 Å². The first-order valence-corrected chi connectivity index (χ1v) is 6.84. The van der Waals surface area contributed by atoms with Crippen molar-refractivity contribution in [1.82, 2.24) is 10.1 Å². The third-order valence-electron chi connectivity index (χ3n) is 3.39. The summed E-state index contributed by atoms with van der Waals surface area (Å²) in [7, 11) is 3.17. The number of hydrogen-bond acceptors (Lipinski definition) is 6. The molecule has 0 aliphatic rings. The molecule has 0 aliphatic carbocycles. The van der Waals surface area contributed by atoms with Crippen molar-refractivity contribution in [3.63, 3.8) is 0 Å². The van der Waals surface area contributed by atoms with Crippen LogP contribution >= 0.6 is 0 Å². The normalized spacial score (nSPS) is 13.8. The van der Waals surface area contributed by atoms with Gasteiger partial charge in [0.25, 0.3) is 0 Å². The molecule has 1 N–H and O–H groups in total. The van der Waals surface area contributed by atoms with E-state index < -0.39 is 6.10 Å². The lowest BCUT2D eigenvalue weighted by molar-refractivity contribution is 0.141. The Morgan fingerprint density at radius 3 is 2.29 bits per heavy atom. The predicted octanol–water partition coefficient (Wildman–Crippen LogP) is 2.63. The zero-order valence-electron chi connectivity index (χ0n) is 12.7. The van der Waals surface area contributed by atoms with E-state index in [4.69, 9.17) is 14.0 Å². The van der Waals surface area contributed by atoms with Gasteiger partial charge < -0.3 is 19.1 Å². The molecule has 0 amide bonds. The molecule has 2 atom stereocenters. The number of methoxy groups -OCH3 is 2. The minimum absolute atomic E-state index is 0.168. The average molecular weight is 292 g/mol. The number of ether oxygens (including phenoxy) is 2. The lowest BCUT2D eigenvalue weighted by Gasteiger charge is -2.12. The van der Waals surface area contributed by atoms with Gasteiger partial charge in [0, 0.05) is 11.6 Å². The molecule has 0 radical (unpaired) electrons. The van der Waals surface area contributed by atoms with Crippen LogP contribution in [0.2, 0.25) is 0 Å². The smallest absolute Gasteiger partial charge is 0.232 e. The van der Waals surface area contributed by atoms with Gasteiger partial charge in [-0.3, -0.25) is 0 Å². The molecule has 2 unspecified atom stereocenters. The highest BCUT2D eigenvalue weighted by Crippen LogP contribution is 2.30. The van der Waals surface area contributed by atoms with Crippen LogP contribution in [0, 0.1) is 0 Å². The Morgan fingerprint density at radius 1 is 1.19 bits per heavy atom. The molecular formula is C15H20N2O4. The van der Waals surface area contributed by atoms with Gasteiger partial charge in [-0.2, -0.15) is 4.98 Å². The first kappa shape index (κ1) is 15.3. The molecule has 6 nitrogen and oxygen atoms in total.